The van der Waals surface area contributed by atoms with Gasteiger partial charge in [0.15, 0.2) is 0 Å². The van der Waals surface area contributed by atoms with Gasteiger partial charge in [-0.3, -0.25) is 4.68 Å². The molecule has 0 atom stereocenters. The second kappa shape index (κ2) is 7.23. The first kappa shape index (κ1) is 14.8. The smallest absolute Gasteiger partial charge is 0.150 e. The highest BCUT2D eigenvalue weighted by Crippen LogP contribution is 2.25. The fourth-order valence-electron chi connectivity index (χ4n) is 1.96. The van der Waals surface area contributed by atoms with E-state index >= 15 is 0 Å². The summed E-state index contributed by atoms with van der Waals surface area (Å²) in [4.78, 5) is 2.19. The summed E-state index contributed by atoms with van der Waals surface area (Å²) in [6, 6.07) is 0. The largest absolute Gasteiger partial charge is 0.394 e. The van der Waals surface area contributed by atoms with Crippen LogP contribution in [-0.4, -0.2) is 50.3 Å². The number of aromatic nitrogens is 2. The molecular weight excluding hydrogens is 232 g/mol. The Morgan fingerprint density at radius 3 is 2.39 bits per heavy atom. The lowest BCUT2D eigenvalue weighted by Gasteiger charge is -2.24. The van der Waals surface area contributed by atoms with Gasteiger partial charge in [0.2, 0.25) is 0 Å². The zero-order valence-corrected chi connectivity index (χ0v) is 11.8. The van der Waals surface area contributed by atoms with Gasteiger partial charge >= 0.3 is 0 Å². The lowest BCUT2D eigenvalue weighted by Crippen LogP contribution is -2.31. The Morgan fingerprint density at radius 2 is 1.89 bits per heavy atom. The van der Waals surface area contributed by atoms with Crippen LogP contribution in [0.1, 0.15) is 12.1 Å². The topological polar surface area (TPSA) is 65.5 Å². The van der Waals surface area contributed by atoms with Crippen molar-refractivity contribution >= 4 is 11.5 Å². The molecule has 0 aliphatic rings. The van der Waals surface area contributed by atoms with Crippen molar-refractivity contribution in [1.82, 2.24) is 9.78 Å². The maximum absolute atomic E-state index is 6.08. The van der Waals surface area contributed by atoms with E-state index in [1.54, 1.807) is 14.2 Å². The van der Waals surface area contributed by atoms with E-state index < -0.39 is 0 Å². The minimum atomic E-state index is 0.663. The third-order valence-electron chi connectivity index (χ3n) is 2.88. The zero-order valence-electron chi connectivity index (χ0n) is 11.8. The quantitative estimate of drug-likeness (QED) is 0.697. The van der Waals surface area contributed by atoms with Crippen molar-refractivity contribution in [2.75, 3.05) is 51.2 Å². The van der Waals surface area contributed by atoms with Gasteiger partial charge in [-0.1, -0.05) is 0 Å². The number of anilines is 2. The number of methoxy groups -OCH3 is 2. The van der Waals surface area contributed by atoms with Crippen molar-refractivity contribution in [1.29, 1.82) is 0 Å². The SMILES string of the molecule is COCCCN(CCOC)c1c(N)c(C)nn1C. The van der Waals surface area contributed by atoms with Crippen LogP contribution in [0.3, 0.4) is 0 Å². The molecule has 1 aromatic heterocycles. The van der Waals surface area contributed by atoms with Gasteiger partial charge in [0, 0.05) is 41.0 Å². The summed E-state index contributed by atoms with van der Waals surface area (Å²) in [6.07, 6.45) is 0.948. The molecule has 1 heterocycles. The number of rotatable bonds is 8. The highest BCUT2D eigenvalue weighted by atomic mass is 16.5. The van der Waals surface area contributed by atoms with Gasteiger partial charge in [-0.25, -0.2) is 0 Å². The average Bonchev–Trinajstić information content (AvgIpc) is 2.59. The second-order valence-electron chi connectivity index (χ2n) is 4.27. The van der Waals surface area contributed by atoms with Crippen LogP contribution in [0, 0.1) is 6.92 Å². The van der Waals surface area contributed by atoms with Gasteiger partial charge < -0.3 is 20.1 Å². The van der Waals surface area contributed by atoms with Crippen LogP contribution in [0.2, 0.25) is 0 Å². The van der Waals surface area contributed by atoms with E-state index in [1.807, 2.05) is 18.7 Å². The van der Waals surface area contributed by atoms with Crippen LogP contribution in [-0.2, 0) is 16.5 Å². The lowest BCUT2D eigenvalue weighted by molar-refractivity contribution is 0.190. The molecule has 6 nitrogen and oxygen atoms in total. The first-order chi connectivity index (χ1) is 8.61. The Balaban J connectivity index is 2.79. The summed E-state index contributed by atoms with van der Waals surface area (Å²) in [5.41, 5.74) is 7.69. The van der Waals surface area contributed by atoms with Crippen LogP contribution in [0.25, 0.3) is 0 Å². The molecule has 1 aromatic rings. The molecule has 0 spiro atoms. The van der Waals surface area contributed by atoms with E-state index in [9.17, 15) is 0 Å². The number of nitrogen functional groups attached to an aromatic ring is 1. The molecule has 104 valence electrons. The molecule has 6 heteroatoms. The number of hydrogen-bond donors (Lipinski definition) is 1. The van der Waals surface area contributed by atoms with Crippen molar-refractivity contribution in [2.24, 2.45) is 7.05 Å². The molecule has 2 N–H and O–H groups in total. The van der Waals surface area contributed by atoms with Crippen molar-refractivity contribution in [3.63, 3.8) is 0 Å². The Morgan fingerprint density at radius 1 is 1.22 bits per heavy atom. The summed E-state index contributed by atoms with van der Waals surface area (Å²) < 4.78 is 12.1. The Hall–Kier alpha value is -1.27. The lowest BCUT2D eigenvalue weighted by atomic mass is 10.3. The number of hydrogen-bond acceptors (Lipinski definition) is 5. The minimum Gasteiger partial charge on any atom is -0.394 e. The predicted molar refractivity (Wildman–Crippen MR) is 72.9 cm³/mol. The van der Waals surface area contributed by atoms with E-state index in [4.69, 9.17) is 15.2 Å². The summed E-state index contributed by atoms with van der Waals surface area (Å²) >= 11 is 0. The van der Waals surface area contributed by atoms with Gasteiger partial charge in [0.05, 0.1) is 18.0 Å². The van der Waals surface area contributed by atoms with Gasteiger partial charge in [0.1, 0.15) is 5.82 Å². The molecule has 0 bridgehead atoms. The van der Waals surface area contributed by atoms with Gasteiger partial charge in [-0.05, 0) is 13.3 Å². The van der Waals surface area contributed by atoms with E-state index in [-0.39, 0.29) is 0 Å². The maximum Gasteiger partial charge on any atom is 0.150 e. The minimum absolute atomic E-state index is 0.663. The normalized spacial score (nSPS) is 10.9. The Kier molecular flexibility index (Phi) is 5.94. The van der Waals surface area contributed by atoms with E-state index in [2.05, 4.69) is 10.00 Å². The molecule has 18 heavy (non-hydrogen) atoms. The summed E-state index contributed by atoms with van der Waals surface area (Å²) in [5.74, 6) is 0.959. The van der Waals surface area contributed by atoms with Crippen molar-refractivity contribution in [3.05, 3.63) is 5.69 Å². The van der Waals surface area contributed by atoms with E-state index in [1.165, 1.54) is 0 Å². The molecule has 0 aromatic carbocycles. The highest BCUT2D eigenvalue weighted by Gasteiger charge is 2.16. The Bertz CT molecular complexity index is 365. The third kappa shape index (κ3) is 3.61. The molecule has 0 radical (unpaired) electrons. The molecule has 0 aliphatic heterocycles. The van der Waals surface area contributed by atoms with E-state index in [0.717, 1.165) is 43.3 Å². The third-order valence-corrected chi connectivity index (χ3v) is 2.88. The van der Waals surface area contributed by atoms with Crippen molar-refractivity contribution < 1.29 is 9.47 Å². The molecule has 0 unspecified atom stereocenters. The van der Waals surface area contributed by atoms with Crippen molar-refractivity contribution in [2.45, 2.75) is 13.3 Å². The zero-order chi connectivity index (χ0) is 13.5. The highest BCUT2D eigenvalue weighted by molar-refractivity contribution is 5.66. The standard InChI is InChI=1S/C12H24N4O2/c1-10-11(13)12(15(2)14-10)16(7-9-18-4)6-5-8-17-3/h5-9,13H2,1-4H3. The predicted octanol–water partition coefficient (Wildman–Crippen LogP) is 0.800. The summed E-state index contributed by atoms with van der Waals surface area (Å²) in [6.45, 7) is 4.99. The molecular formula is C12H24N4O2. The van der Waals surface area contributed by atoms with Crippen LogP contribution in [0.4, 0.5) is 11.5 Å². The van der Waals surface area contributed by atoms with Crippen LogP contribution < -0.4 is 10.6 Å². The number of nitrogens with zero attached hydrogens (tertiary/aromatic N) is 3. The average molecular weight is 256 g/mol. The second-order valence-corrected chi connectivity index (χ2v) is 4.27. The van der Waals surface area contributed by atoms with Gasteiger partial charge in [-0.2, -0.15) is 5.10 Å². The van der Waals surface area contributed by atoms with E-state index in [0.29, 0.717) is 6.61 Å². The maximum atomic E-state index is 6.08. The first-order valence-corrected chi connectivity index (χ1v) is 6.13. The first-order valence-electron chi connectivity index (χ1n) is 6.13. The van der Waals surface area contributed by atoms with Crippen molar-refractivity contribution in [3.8, 4) is 0 Å². The molecule has 0 fully saturated rings. The molecule has 0 saturated carbocycles. The van der Waals surface area contributed by atoms with Crippen LogP contribution in [0.5, 0.6) is 0 Å². The van der Waals surface area contributed by atoms with Gasteiger partial charge in [0.25, 0.3) is 0 Å². The van der Waals surface area contributed by atoms with Crippen LogP contribution in [0.15, 0.2) is 0 Å². The number of nitrogens with two attached hydrogens (primary N) is 1. The molecule has 0 aliphatic carbocycles. The summed E-state index contributed by atoms with van der Waals surface area (Å²) in [7, 11) is 5.32. The monoisotopic (exact) mass is 256 g/mol. The fraction of sp³-hybridized carbons (Fsp3) is 0.750. The molecule has 0 saturated heterocycles. The molecule has 0 amide bonds. The fourth-order valence-corrected chi connectivity index (χ4v) is 1.96. The number of ether oxygens (including phenoxy) is 2. The molecule has 1 rings (SSSR count). The van der Waals surface area contributed by atoms with Gasteiger partial charge in [-0.15, -0.1) is 0 Å². The number of aryl methyl sites for hydroxylation is 2. The summed E-state index contributed by atoms with van der Waals surface area (Å²) in [5, 5.41) is 4.35. The Labute approximate surface area is 109 Å². The van der Waals surface area contributed by atoms with Crippen LogP contribution >= 0.6 is 0 Å².